The van der Waals surface area contributed by atoms with E-state index in [1.54, 1.807) is 26.0 Å². The predicted octanol–water partition coefficient (Wildman–Crippen LogP) is -0.549. The van der Waals surface area contributed by atoms with Crippen molar-refractivity contribution in [1.82, 2.24) is 16.0 Å². The van der Waals surface area contributed by atoms with Crippen LogP contribution in [0.25, 0.3) is 0 Å². The Labute approximate surface area is 221 Å². The molecular formula is C25H39N5O8. The van der Waals surface area contributed by atoms with Gasteiger partial charge in [0.2, 0.25) is 17.7 Å². The lowest BCUT2D eigenvalue weighted by atomic mass is 9.98. The summed E-state index contributed by atoms with van der Waals surface area (Å²) in [7, 11) is 0. The molecule has 0 bridgehead atoms. The molecule has 0 aliphatic carbocycles. The number of hydrogen-bond donors (Lipinski definition) is 8. The molecule has 0 aliphatic rings. The smallest absolute Gasteiger partial charge is 0.326 e. The van der Waals surface area contributed by atoms with Crippen molar-refractivity contribution in [1.29, 1.82) is 0 Å². The number of amides is 3. The number of carboxylic acids is 2. The normalized spacial score (nSPS) is 14.8. The minimum absolute atomic E-state index is 0.0360. The highest BCUT2D eigenvalue weighted by Gasteiger charge is 2.32. The van der Waals surface area contributed by atoms with Gasteiger partial charge in [-0.05, 0) is 55.8 Å². The second-order valence-corrected chi connectivity index (χ2v) is 9.19. The first-order chi connectivity index (χ1) is 17.9. The second-order valence-electron chi connectivity index (χ2n) is 9.19. The molecule has 13 nitrogen and oxygen atoms in total. The number of phenolic OH excluding ortho intramolecular Hbond substituents is 1. The van der Waals surface area contributed by atoms with Gasteiger partial charge in [-0.3, -0.25) is 19.2 Å². The summed E-state index contributed by atoms with van der Waals surface area (Å²) in [5.74, 6) is -5.40. The van der Waals surface area contributed by atoms with E-state index >= 15 is 0 Å². The number of carbonyl (C=O) groups excluding carboxylic acids is 3. The van der Waals surface area contributed by atoms with Gasteiger partial charge in [0, 0.05) is 0 Å². The fraction of sp³-hybridized carbons (Fsp3) is 0.560. The van der Waals surface area contributed by atoms with Crippen LogP contribution >= 0.6 is 0 Å². The summed E-state index contributed by atoms with van der Waals surface area (Å²) >= 11 is 0. The molecule has 0 radical (unpaired) electrons. The molecule has 1 rings (SSSR count). The van der Waals surface area contributed by atoms with Crippen molar-refractivity contribution in [2.45, 2.75) is 76.5 Å². The zero-order valence-electron chi connectivity index (χ0n) is 21.7. The van der Waals surface area contributed by atoms with Crippen LogP contribution in [0.3, 0.4) is 0 Å². The van der Waals surface area contributed by atoms with E-state index in [0.717, 1.165) is 0 Å². The summed E-state index contributed by atoms with van der Waals surface area (Å²) in [5.41, 5.74) is 12.1. The first-order valence-electron chi connectivity index (χ1n) is 12.5. The average Bonchev–Trinajstić information content (AvgIpc) is 2.86. The standard InChI is InChI=1S/C25H39N5O8/c1-3-14(2)21(25(37)38)30-23(35)18(6-4-5-11-26)28-24(36)19(13-20(32)33)29-22(34)17(27)12-15-7-9-16(31)10-8-15/h7-10,14,17-19,21,31H,3-6,11-13,26-27H2,1-2H3,(H,28,36)(H,29,34)(H,30,35)(H,32,33)(H,37,38). The minimum Gasteiger partial charge on any atom is -0.508 e. The van der Waals surface area contributed by atoms with Gasteiger partial charge < -0.3 is 42.7 Å². The molecule has 0 saturated carbocycles. The fourth-order valence-electron chi connectivity index (χ4n) is 3.61. The van der Waals surface area contributed by atoms with E-state index in [9.17, 15) is 39.3 Å². The molecule has 5 atom stereocenters. The summed E-state index contributed by atoms with van der Waals surface area (Å²) < 4.78 is 0. The van der Waals surface area contributed by atoms with Gasteiger partial charge in [0.05, 0.1) is 12.5 Å². The zero-order valence-corrected chi connectivity index (χ0v) is 21.7. The van der Waals surface area contributed by atoms with E-state index in [1.807, 2.05) is 0 Å². The molecule has 0 spiro atoms. The fourth-order valence-corrected chi connectivity index (χ4v) is 3.61. The van der Waals surface area contributed by atoms with Crippen LogP contribution in [0.5, 0.6) is 5.75 Å². The number of carboxylic acid groups (broad SMARTS) is 2. The lowest BCUT2D eigenvalue weighted by Crippen LogP contribution is -2.58. The van der Waals surface area contributed by atoms with Crippen LogP contribution in [-0.2, 0) is 30.4 Å². The minimum atomic E-state index is -1.54. The molecule has 0 saturated heterocycles. The van der Waals surface area contributed by atoms with Crippen LogP contribution in [0.1, 0.15) is 51.5 Å². The van der Waals surface area contributed by atoms with Crippen LogP contribution in [-0.4, -0.2) is 75.7 Å². The van der Waals surface area contributed by atoms with Crippen LogP contribution < -0.4 is 27.4 Å². The quantitative estimate of drug-likeness (QED) is 0.118. The van der Waals surface area contributed by atoms with E-state index in [1.165, 1.54) is 12.1 Å². The molecule has 1 aromatic carbocycles. The largest absolute Gasteiger partial charge is 0.508 e. The van der Waals surface area contributed by atoms with Crippen molar-refractivity contribution in [3.8, 4) is 5.75 Å². The molecule has 5 unspecified atom stereocenters. The van der Waals surface area contributed by atoms with Gasteiger partial charge in [0.25, 0.3) is 0 Å². The van der Waals surface area contributed by atoms with Gasteiger partial charge in [0.1, 0.15) is 23.9 Å². The van der Waals surface area contributed by atoms with Crippen molar-refractivity contribution >= 4 is 29.7 Å². The third-order valence-corrected chi connectivity index (χ3v) is 6.10. The maximum atomic E-state index is 13.0. The highest BCUT2D eigenvalue weighted by molar-refractivity contribution is 5.95. The topological polar surface area (TPSA) is 234 Å². The van der Waals surface area contributed by atoms with Crippen molar-refractivity contribution < 1.29 is 39.3 Å². The predicted molar refractivity (Wildman–Crippen MR) is 138 cm³/mol. The van der Waals surface area contributed by atoms with Crippen molar-refractivity contribution in [3.05, 3.63) is 29.8 Å². The van der Waals surface area contributed by atoms with E-state index in [-0.39, 0.29) is 24.5 Å². The van der Waals surface area contributed by atoms with Crippen LogP contribution in [0.15, 0.2) is 24.3 Å². The Morgan fingerprint density at radius 2 is 1.47 bits per heavy atom. The Bertz CT molecular complexity index is 956. The molecule has 13 heteroatoms. The van der Waals surface area contributed by atoms with E-state index in [2.05, 4.69) is 16.0 Å². The SMILES string of the molecule is CCC(C)C(NC(=O)C(CCCCN)NC(=O)C(CC(=O)O)NC(=O)C(N)Cc1ccc(O)cc1)C(=O)O. The molecule has 38 heavy (non-hydrogen) atoms. The van der Waals surface area contributed by atoms with Gasteiger partial charge >= 0.3 is 11.9 Å². The number of hydrogen-bond acceptors (Lipinski definition) is 8. The van der Waals surface area contributed by atoms with Crippen LogP contribution in [0.4, 0.5) is 0 Å². The van der Waals surface area contributed by atoms with E-state index < -0.39 is 60.2 Å². The number of aliphatic carboxylic acids is 2. The molecule has 212 valence electrons. The molecule has 3 amide bonds. The number of benzene rings is 1. The first kappa shape index (κ1) is 32.3. The number of nitrogens with one attached hydrogen (secondary N) is 3. The van der Waals surface area contributed by atoms with Crippen LogP contribution in [0.2, 0.25) is 0 Å². The van der Waals surface area contributed by atoms with Gasteiger partial charge in [-0.25, -0.2) is 4.79 Å². The molecule has 0 fully saturated rings. The van der Waals surface area contributed by atoms with Gasteiger partial charge in [-0.2, -0.15) is 0 Å². The third-order valence-electron chi connectivity index (χ3n) is 6.10. The van der Waals surface area contributed by atoms with Gasteiger partial charge in [0.15, 0.2) is 0 Å². The molecular weight excluding hydrogens is 498 g/mol. The Balaban J connectivity index is 3.00. The van der Waals surface area contributed by atoms with Crippen molar-refractivity contribution in [2.75, 3.05) is 6.54 Å². The molecule has 1 aromatic rings. The lowest BCUT2D eigenvalue weighted by Gasteiger charge is -2.26. The molecule has 0 aromatic heterocycles. The number of aromatic hydroxyl groups is 1. The highest BCUT2D eigenvalue weighted by Crippen LogP contribution is 2.12. The van der Waals surface area contributed by atoms with Crippen molar-refractivity contribution in [2.24, 2.45) is 17.4 Å². The summed E-state index contributed by atoms with van der Waals surface area (Å²) in [6.07, 6.45) is 0.863. The Morgan fingerprint density at radius 3 is 2.00 bits per heavy atom. The van der Waals surface area contributed by atoms with Crippen LogP contribution in [0, 0.1) is 5.92 Å². The van der Waals surface area contributed by atoms with Crippen molar-refractivity contribution in [3.63, 3.8) is 0 Å². The molecule has 0 heterocycles. The second kappa shape index (κ2) is 16.2. The maximum absolute atomic E-state index is 13.0. The van der Waals surface area contributed by atoms with E-state index in [4.69, 9.17) is 11.5 Å². The molecule has 10 N–H and O–H groups in total. The average molecular weight is 538 g/mol. The number of rotatable bonds is 17. The summed E-state index contributed by atoms with van der Waals surface area (Å²) in [5, 5.41) is 35.4. The lowest BCUT2D eigenvalue weighted by molar-refractivity contribution is -0.144. The Morgan fingerprint density at radius 1 is 0.895 bits per heavy atom. The maximum Gasteiger partial charge on any atom is 0.326 e. The summed E-state index contributed by atoms with van der Waals surface area (Å²) in [4.78, 5) is 61.7. The Hall–Kier alpha value is -3.71. The zero-order chi connectivity index (χ0) is 28.8. The number of carbonyl (C=O) groups is 5. The van der Waals surface area contributed by atoms with Gasteiger partial charge in [-0.1, -0.05) is 32.4 Å². The molecule has 0 aliphatic heterocycles. The van der Waals surface area contributed by atoms with Gasteiger partial charge in [-0.15, -0.1) is 0 Å². The van der Waals surface area contributed by atoms with E-state index in [0.29, 0.717) is 31.4 Å². The number of nitrogens with two attached hydrogens (primary N) is 2. The Kier molecular flexibility index (Phi) is 13.8. The number of phenols is 1. The highest BCUT2D eigenvalue weighted by atomic mass is 16.4. The monoisotopic (exact) mass is 537 g/mol. The number of unbranched alkanes of at least 4 members (excludes halogenated alkanes) is 1. The first-order valence-corrected chi connectivity index (χ1v) is 12.5. The summed E-state index contributed by atoms with van der Waals surface area (Å²) in [6.45, 7) is 3.78. The third kappa shape index (κ3) is 11.1. The summed E-state index contributed by atoms with van der Waals surface area (Å²) in [6, 6.07) is 0.947.